The number of hydrogen-bond acceptors (Lipinski definition) is 5. The minimum Gasteiger partial charge on any atom is -0.497 e. The van der Waals surface area contributed by atoms with E-state index in [0.717, 1.165) is 37.2 Å². The van der Waals surface area contributed by atoms with E-state index >= 15 is 0 Å². The zero-order valence-electron chi connectivity index (χ0n) is 13.5. The van der Waals surface area contributed by atoms with Crippen LogP contribution in [-0.2, 0) is 4.79 Å². The van der Waals surface area contributed by atoms with Gasteiger partial charge in [0.25, 0.3) is 0 Å². The van der Waals surface area contributed by atoms with Gasteiger partial charge in [-0.3, -0.25) is 4.79 Å². The van der Waals surface area contributed by atoms with E-state index in [-0.39, 0.29) is 11.8 Å². The molecule has 6 nitrogen and oxygen atoms in total. The molecule has 2 aromatic rings. The van der Waals surface area contributed by atoms with Crippen molar-refractivity contribution in [2.24, 2.45) is 0 Å². The van der Waals surface area contributed by atoms with Gasteiger partial charge >= 0.3 is 0 Å². The zero-order valence-corrected chi connectivity index (χ0v) is 13.5. The normalized spacial score (nSPS) is 15.7. The first-order chi connectivity index (χ1) is 11.2. The summed E-state index contributed by atoms with van der Waals surface area (Å²) in [6.45, 7) is 3.42. The number of rotatable bonds is 4. The van der Waals surface area contributed by atoms with Crippen molar-refractivity contribution in [3.63, 3.8) is 0 Å². The van der Waals surface area contributed by atoms with Gasteiger partial charge in [-0.15, -0.1) is 0 Å². The monoisotopic (exact) mass is 315 g/mol. The number of piperidine rings is 1. The van der Waals surface area contributed by atoms with Crippen LogP contribution >= 0.6 is 0 Å². The van der Waals surface area contributed by atoms with Crippen LogP contribution in [0.5, 0.6) is 5.75 Å². The van der Waals surface area contributed by atoms with Gasteiger partial charge in [0.2, 0.25) is 17.6 Å². The number of aromatic nitrogens is 2. The second-order valence-corrected chi connectivity index (χ2v) is 5.69. The van der Waals surface area contributed by atoms with Gasteiger partial charge in [-0.1, -0.05) is 12.1 Å². The molecule has 0 N–H and O–H groups in total. The fraction of sp³-hybridized carbons (Fsp3) is 0.471. The van der Waals surface area contributed by atoms with Crippen LogP contribution in [0, 0.1) is 0 Å². The predicted molar refractivity (Wildman–Crippen MR) is 85.1 cm³/mol. The maximum absolute atomic E-state index is 11.7. The van der Waals surface area contributed by atoms with Crippen molar-refractivity contribution in [2.45, 2.75) is 32.1 Å². The molecule has 23 heavy (non-hydrogen) atoms. The predicted octanol–water partition coefficient (Wildman–Crippen LogP) is 2.86. The first-order valence-electron chi connectivity index (χ1n) is 7.97. The first kappa shape index (κ1) is 15.5. The molecule has 1 aromatic carbocycles. The summed E-state index contributed by atoms with van der Waals surface area (Å²) in [7, 11) is 1.64. The Hall–Kier alpha value is -2.37. The number of carbonyl (C=O) groups excluding carboxylic acids is 1. The second kappa shape index (κ2) is 6.81. The molecule has 0 saturated carbocycles. The van der Waals surface area contributed by atoms with Crippen molar-refractivity contribution < 1.29 is 14.1 Å². The van der Waals surface area contributed by atoms with Gasteiger partial charge in [-0.25, -0.2) is 0 Å². The number of ether oxygens (including phenoxy) is 1. The molecule has 1 aromatic heterocycles. The number of hydrogen-bond donors (Lipinski definition) is 0. The number of carbonyl (C=O) groups is 1. The molecule has 0 spiro atoms. The van der Waals surface area contributed by atoms with Crippen LogP contribution in [0.3, 0.4) is 0 Å². The van der Waals surface area contributed by atoms with Gasteiger partial charge in [0.05, 0.1) is 7.11 Å². The molecule has 0 unspecified atom stereocenters. The van der Waals surface area contributed by atoms with E-state index in [1.807, 2.05) is 36.1 Å². The molecule has 122 valence electrons. The smallest absolute Gasteiger partial charge is 0.230 e. The minimum absolute atomic E-state index is 0.216. The Kier molecular flexibility index (Phi) is 4.60. The lowest BCUT2D eigenvalue weighted by Gasteiger charge is -2.30. The highest BCUT2D eigenvalue weighted by atomic mass is 16.5. The molecule has 0 atom stereocenters. The van der Waals surface area contributed by atoms with Gasteiger partial charge in [0, 0.05) is 31.0 Å². The van der Waals surface area contributed by atoms with E-state index in [1.54, 1.807) is 7.11 Å². The lowest BCUT2D eigenvalue weighted by Crippen LogP contribution is -2.37. The zero-order chi connectivity index (χ0) is 16.2. The van der Waals surface area contributed by atoms with Gasteiger partial charge in [0.15, 0.2) is 0 Å². The van der Waals surface area contributed by atoms with Crippen LogP contribution in [-0.4, -0.2) is 41.1 Å². The summed E-state index contributed by atoms with van der Waals surface area (Å²) >= 11 is 0. The van der Waals surface area contributed by atoms with Crippen LogP contribution in [0.1, 0.15) is 38.0 Å². The van der Waals surface area contributed by atoms with Crippen molar-refractivity contribution in [2.75, 3.05) is 20.2 Å². The topological polar surface area (TPSA) is 68.5 Å². The molecule has 1 aliphatic heterocycles. The highest BCUT2D eigenvalue weighted by molar-refractivity contribution is 5.75. The van der Waals surface area contributed by atoms with Crippen LogP contribution in [0.2, 0.25) is 0 Å². The average Bonchev–Trinajstić information content (AvgIpc) is 3.11. The third-order valence-corrected chi connectivity index (χ3v) is 4.29. The molecule has 2 heterocycles. The molecule has 0 bridgehead atoms. The molecule has 1 aliphatic rings. The quantitative estimate of drug-likeness (QED) is 0.868. The standard InChI is InChI=1S/C17H21N3O3/c1-3-15(21)20-10-8-13(9-11-20)17-18-16(19-23-17)12-4-6-14(22-2)7-5-12/h4-7,13H,3,8-11H2,1-2H3. The Morgan fingerprint density at radius 2 is 2.00 bits per heavy atom. The summed E-state index contributed by atoms with van der Waals surface area (Å²) in [6.07, 6.45) is 2.30. The molecule has 1 saturated heterocycles. The Morgan fingerprint density at radius 1 is 1.30 bits per heavy atom. The highest BCUT2D eigenvalue weighted by Gasteiger charge is 2.27. The van der Waals surface area contributed by atoms with Crippen molar-refractivity contribution >= 4 is 5.91 Å². The van der Waals surface area contributed by atoms with Crippen LogP contribution in [0.25, 0.3) is 11.4 Å². The first-order valence-corrected chi connectivity index (χ1v) is 7.97. The molecule has 0 aliphatic carbocycles. The average molecular weight is 315 g/mol. The van der Waals surface area contributed by atoms with E-state index in [1.165, 1.54) is 0 Å². The van der Waals surface area contributed by atoms with Crippen LogP contribution in [0.15, 0.2) is 28.8 Å². The Labute approximate surface area is 135 Å². The molecule has 6 heteroatoms. The van der Waals surface area contributed by atoms with Crippen LogP contribution < -0.4 is 4.74 Å². The van der Waals surface area contributed by atoms with E-state index in [0.29, 0.717) is 18.1 Å². The van der Waals surface area contributed by atoms with Crippen molar-refractivity contribution in [1.82, 2.24) is 15.0 Å². The van der Waals surface area contributed by atoms with Gasteiger partial charge in [-0.2, -0.15) is 4.98 Å². The van der Waals surface area contributed by atoms with E-state index < -0.39 is 0 Å². The fourth-order valence-electron chi connectivity index (χ4n) is 2.86. The van der Waals surface area contributed by atoms with Crippen molar-refractivity contribution in [3.8, 4) is 17.1 Å². The maximum Gasteiger partial charge on any atom is 0.230 e. The van der Waals surface area contributed by atoms with E-state index in [9.17, 15) is 4.79 Å². The maximum atomic E-state index is 11.7. The van der Waals surface area contributed by atoms with E-state index in [2.05, 4.69) is 10.1 Å². The summed E-state index contributed by atoms with van der Waals surface area (Å²) in [5.74, 6) is 2.50. The SMILES string of the molecule is CCC(=O)N1CCC(c2nc(-c3ccc(OC)cc3)no2)CC1. The molecule has 0 radical (unpaired) electrons. The Balaban J connectivity index is 1.66. The number of nitrogens with zero attached hydrogens (tertiary/aromatic N) is 3. The third-order valence-electron chi connectivity index (χ3n) is 4.29. The third kappa shape index (κ3) is 3.36. The summed E-state index contributed by atoms with van der Waals surface area (Å²) in [4.78, 5) is 18.2. The molecule has 3 rings (SSSR count). The Morgan fingerprint density at radius 3 is 2.61 bits per heavy atom. The highest BCUT2D eigenvalue weighted by Crippen LogP contribution is 2.29. The largest absolute Gasteiger partial charge is 0.497 e. The van der Waals surface area contributed by atoms with Gasteiger partial charge in [0.1, 0.15) is 5.75 Å². The van der Waals surface area contributed by atoms with Gasteiger partial charge < -0.3 is 14.2 Å². The number of amides is 1. The fourth-order valence-corrected chi connectivity index (χ4v) is 2.86. The summed E-state index contributed by atoms with van der Waals surface area (Å²) < 4.78 is 10.6. The molecule has 1 fully saturated rings. The number of benzene rings is 1. The number of likely N-dealkylation sites (tertiary alicyclic amines) is 1. The Bertz CT molecular complexity index is 658. The summed E-state index contributed by atoms with van der Waals surface area (Å²) in [5, 5.41) is 4.08. The van der Waals surface area contributed by atoms with Crippen molar-refractivity contribution in [3.05, 3.63) is 30.2 Å². The van der Waals surface area contributed by atoms with E-state index in [4.69, 9.17) is 9.26 Å². The lowest BCUT2D eigenvalue weighted by atomic mass is 9.96. The number of methoxy groups -OCH3 is 1. The van der Waals surface area contributed by atoms with Crippen molar-refractivity contribution in [1.29, 1.82) is 0 Å². The summed E-state index contributed by atoms with van der Waals surface area (Å²) in [5.41, 5.74) is 0.902. The van der Waals surface area contributed by atoms with Crippen LogP contribution in [0.4, 0.5) is 0 Å². The lowest BCUT2D eigenvalue weighted by molar-refractivity contribution is -0.131. The van der Waals surface area contributed by atoms with Gasteiger partial charge in [-0.05, 0) is 37.1 Å². The molecule has 1 amide bonds. The minimum atomic E-state index is 0.216. The second-order valence-electron chi connectivity index (χ2n) is 5.69. The summed E-state index contributed by atoms with van der Waals surface area (Å²) in [6, 6.07) is 7.58. The molecular formula is C17H21N3O3. The molecular weight excluding hydrogens is 294 g/mol.